The fourth-order valence-electron chi connectivity index (χ4n) is 4.06. The van der Waals surface area contributed by atoms with Crippen molar-refractivity contribution < 1.29 is 4.79 Å². The molecule has 3 N–H and O–H groups in total. The number of allylic oxidation sites excluding steroid dienone is 1. The van der Waals surface area contributed by atoms with Crippen molar-refractivity contribution in [2.24, 2.45) is 4.99 Å². The topological polar surface area (TPSA) is 65.5 Å². The van der Waals surface area contributed by atoms with Gasteiger partial charge in [-0.05, 0) is 48.6 Å². The van der Waals surface area contributed by atoms with Crippen LogP contribution in [0, 0.1) is 0 Å². The van der Waals surface area contributed by atoms with E-state index >= 15 is 0 Å². The highest BCUT2D eigenvalue weighted by molar-refractivity contribution is 8.00. The minimum atomic E-state index is -0.0200. The lowest BCUT2D eigenvalue weighted by molar-refractivity contribution is -0.114. The summed E-state index contributed by atoms with van der Waals surface area (Å²) in [5, 5.41) is 11.5. The molecule has 1 aliphatic carbocycles. The first-order valence-corrected chi connectivity index (χ1v) is 12.2. The second-order valence-corrected chi connectivity index (χ2v) is 9.99. The number of nitrogens with one attached hydrogen (secondary N) is 3. The molecule has 2 atom stereocenters. The van der Waals surface area contributed by atoms with Crippen LogP contribution in [0.1, 0.15) is 34.7 Å². The molecule has 0 saturated carbocycles. The van der Waals surface area contributed by atoms with Gasteiger partial charge in [0.2, 0.25) is 5.91 Å². The Kier molecular flexibility index (Phi) is 6.95. The zero-order valence-electron chi connectivity index (χ0n) is 17.9. The number of amides is 1. The highest BCUT2D eigenvalue weighted by atomic mass is 32.2. The van der Waals surface area contributed by atoms with E-state index in [9.17, 15) is 4.79 Å². The Morgan fingerprint density at radius 3 is 2.97 bits per heavy atom. The number of fused-ring (bicyclic) bond motifs is 2. The highest BCUT2D eigenvalue weighted by Crippen LogP contribution is 2.52. The summed E-state index contributed by atoms with van der Waals surface area (Å²) >= 11 is 3.56. The number of thioether (sulfide) groups is 1. The molecule has 0 bridgehead atoms. The van der Waals surface area contributed by atoms with Gasteiger partial charge in [0.1, 0.15) is 10.4 Å². The maximum Gasteiger partial charge on any atom is 0.221 e. The number of nitrogens with zero attached hydrogens (tertiary/aromatic N) is 1. The Labute approximate surface area is 192 Å². The molecular formula is C24H28N4OS2. The van der Waals surface area contributed by atoms with Crippen LogP contribution in [-0.2, 0) is 17.6 Å². The van der Waals surface area contributed by atoms with Gasteiger partial charge in [-0.25, -0.2) is 0 Å². The minimum Gasteiger partial charge on any atom is -0.368 e. The third-order valence-corrected chi connectivity index (χ3v) is 7.96. The summed E-state index contributed by atoms with van der Waals surface area (Å²) < 4.78 is 0. The molecule has 7 heteroatoms. The molecule has 2 aliphatic rings. The van der Waals surface area contributed by atoms with Crippen molar-refractivity contribution in [3.8, 4) is 0 Å². The van der Waals surface area contributed by atoms with Crippen LogP contribution in [0.25, 0.3) is 0 Å². The van der Waals surface area contributed by atoms with Gasteiger partial charge in [0.05, 0.1) is 0 Å². The normalized spacial score (nSPS) is 20.3. The van der Waals surface area contributed by atoms with Gasteiger partial charge in [-0.3, -0.25) is 9.79 Å². The lowest BCUT2D eigenvalue weighted by Crippen LogP contribution is -2.35. The molecule has 4 rings (SSSR count). The number of para-hydroxylation sites is 1. The van der Waals surface area contributed by atoms with E-state index in [2.05, 4.69) is 51.8 Å². The molecular weight excluding hydrogens is 424 g/mol. The number of rotatable bonds is 7. The van der Waals surface area contributed by atoms with Gasteiger partial charge in [-0.15, -0.1) is 11.3 Å². The molecule has 1 aliphatic heterocycles. The average Bonchev–Trinajstić information content (AvgIpc) is 3.33. The van der Waals surface area contributed by atoms with E-state index in [1.165, 1.54) is 26.6 Å². The Morgan fingerprint density at radius 2 is 2.23 bits per heavy atom. The lowest BCUT2D eigenvalue weighted by Gasteiger charge is -2.25. The maximum absolute atomic E-state index is 11.9. The van der Waals surface area contributed by atoms with Crippen LogP contribution in [0.2, 0.25) is 0 Å². The zero-order chi connectivity index (χ0) is 21.8. The average molecular weight is 453 g/mol. The van der Waals surface area contributed by atoms with Crippen molar-refractivity contribution >= 4 is 45.9 Å². The van der Waals surface area contributed by atoms with Crippen molar-refractivity contribution in [1.29, 1.82) is 0 Å². The first-order valence-electron chi connectivity index (χ1n) is 10.5. The molecule has 2 unspecified atom stereocenters. The third-order valence-electron chi connectivity index (χ3n) is 5.57. The first-order chi connectivity index (χ1) is 15.1. The van der Waals surface area contributed by atoms with E-state index in [0.29, 0.717) is 6.04 Å². The second-order valence-electron chi connectivity index (χ2n) is 7.74. The lowest BCUT2D eigenvalue weighted by atomic mass is 9.91. The van der Waals surface area contributed by atoms with E-state index in [4.69, 9.17) is 0 Å². The number of carbonyl (C=O) groups is 1. The summed E-state index contributed by atoms with van der Waals surface area (Å²) in [5.41, 5.74) is 4.95. The molecule has 0 radical (unpaired) electrons. The largest absolute Gasteiger partial charge is 0.368 e. The Hall–Kier alpha value is -2.35. The summed E-state index contributed by atoms with van der Waals surface area (Å²) in [6.45, 7) is 6.26. The Bertz CT molecular complexity index is 1020. The quantitative estimate of drug-likeness (QED) is 0.400. The number of aliphatic imine (C=N–C) groups is 1. The van der Waals surface area contributed by atoms with Crippen LogP contribution in [-0.4, -0.2) is 31.8 Å². The Morgan fingerprint density at radius 1 is 1.39 bits per heavy atom. The van der Waals surface area contributed by atoms with Crippen molar-refractivity contribution in [3.63, 3.8) is 0 Å². The molecule has 0 spiro atoms. The molecule has 2 aromatic rings. The molecule has 5 nitrogen and oxygen atoms in total. The van der Waals surface area contributed by atoms with Gasteiger partial charge in [0, 0.05) is 53.8 Å². The molecule has 2 heterocycles. The summed E-state index contributed by atoms with van der Waals surface area (Å²) in [5.74, 6) is -0.0200. The molecule has 0 fully saturated rings. The maximum atomic E-state index is 11.9. The molecule has 162 valence electrons. The van der Waals surface area contributed by atoms with Gasteiger partial charge in [-0.2, -0.15) is 0 Å². The predicted molar refractivity (Wildman–Crippen MR) is 134 cm³/mol. The summed E-state index contributed by atoms with van der Waals surface area (Å²) in [4.78, 5) is 18.6. The number of hydrogen-bond acceptors (Lipinski definition) is 6. The molecule has 0 saturated heterocycles. The van der Waals surface area contributed by atoms with Gasteiger partial charge in [0.25, 0.3) is 0 Å². The summed E-state index contributed by atoms with van der Waals surface area (Å²) in [6.07, 6.45) is 8.73. The van der Waals surface area contributed by atoms with Crippen molar-refractivity contribution in [1.82, 2.24) is 5.32 Å². The molecule has 1 aromatic carbocycles. The number of anilines is 2. The standard InChI is InChI=1S/C24H28N4OS2/c1-4-16(11-12-25-3)14-26-17-9-10-18-21(13-17)31-23(27-15(2)29)22(18)24-28-19-7-5-6-8-20(19)30-24/h4-8,11-12,17,24,26,28H,1,9-10,13-14H2,2-3H3,(H,27,29)/b16-11+,25-12?. The first kappa shape index (κ1) is 21.9. The predicted octanol–water partition coefficient (Wildman–Crippen LogP) is 5.18. The highest BCUT2D eigenvalue weighted by Gasteiger charge is 2.33. The van der Waals surface area contributed by atoms with Crippen LogP contribution in [0.5, 0.6) is 0 Å². The Balaban J connectivity index is 1.53. The summed E-state index contributed by atoms with van der Waals surface area (Å²) in [6, 6.07) is 8.81. The van der Waals surface area contributed by atoms with Crippen LogP contribution in [0.3, 0.4) is 0 Å². The zero-order valence-corrected chi connectivity index (χ0v) is 19.5. The second kappa shape index (κ2) is 9.85. The van der Waals surface area contributed by atoms with E-state index < -0.39 is 0 Å². The number of hydrogen-bond donors (Lipinski definition) is 3. The van der Waals surface area contributed by atoms with Gasteiger partial charge < -0.3 is 16.0 Å². The van der Waals surface area contributed by atoms with Gasteiger partial charge in [0.15, 0.2) is 0 Å². The molecule has 1 amide bonds. The molecule has 1 aromatic heterocycles. The van der Waals surface area contributed by atoms with Gasteiger partial charge in [-0.1, -0.05) is 36.5 Å². The van der Waals surface area contributed by atoms with E-state index in [0.717, 1.165) is 36.4 Å². The van der Waals surface area contributed by atoms with Crippen LogP contribution >= 0.6 is 23.1 Å². The number of carbonyl (C=O) groups excluding carboxylic acids is 1. The van der Waals surface area contributed by atoms with Crippen molar-refractivity contribution in [3.05, 3.63) is 64.6 Å². The molecule has 31 heavy (non-hydrogen) atoms. The fraction of sp³-hybridized carbons (Fsp3) is 0.333. The van der Waals surface area contributed by atoms with Crippen LogP contribution < -0.4 is 16.0 Å². The van der Waals surface area contributed by atoms with Gasteiger partial charge >= 0.3 is 0 Å². The van der Waals surface area contributed by atoms with E-state index in [1.807, 2.05) is 23.9 Å². The van der Waals surface area contributed by atoms with E-state index in [1.54, 1.807) is 31.5 Å². The van der Waals surface area contributed by atoms with Crippen molar-refractivity contribution in [2.45, 2.75) is 42.5 Å². The fourth-order valence-corrected chi connectivity index (χ4v) is 6.78. The van der Waals surface area contributed by atoms with Crippen molar-refractivity contribution in [2.75, 3.05) is 24.2 Å². The SMILES string of the molecule is C=C/C(=C\C=NC)CNC1CCc2c(sc(NC(C)=O)c2C2Nc3ccccc3S2)C1. The monoisotopic (exact) mass is 452 g/mol. The summed E-state index contributed by atoms with van der Waals surface area (Å²) in [7, 11) is 1.77. The van der Waals surface area contributed by atoms with Crippen LogP contribution in [0.4, 0.5) is 10.7 Å². The third kappa shape index (κ3) is 4.95. The number of thiophene rings is 1. The smallest absolute Gasteiger partial charge is 0.221 e. The minimum absolute atomic E-state index is 0.0200. The number of benzene rings is 1. The van der Waals surface area contributed by atoms with Crippen LogP contribution in [0.15, 0.2) is 58.5 Å². The van der Waals surface area contributed by atoms with E-state index in [-0.39, 0.29) is 11.3 Å².